The molecule has 2 saturated heterocycles. The molecule has 1 aromatic carbocycles. The van der Waals surface area contributed by atoms with Crippen LogP contribution in [0.3, 0.4) is 0 Å². The zero-order chi connectivity index (χ0) is 19.6. The monoisotopic (exact) mass is 395 g/mol. The Labute approximate surface area is 162 Å². The van der Waals surface area contributed by atoms with Gasteiger partial charge in [0.15, 0.2) is 0 Å². The Morgan fingerprint density at radius 3 is 2.52 bits per heavy atom. The molecular formula is C19H29N3O4S. The Bertz CT molecular complexity index is 753. The van der Waals surface area contributed by atoms with Crippen LogP contribution in [0.25, 0.3) is 0 Å². The van der Waals surface area contributed by atoms with Crippen molar-refractivity contribution in [1.29, 1.82) is 0 Å². The van der Waals surface area contributed by atoms with Gasteiger partial charge in [-0.1, -0.05) is 30.3 Å². The fraction of sp³-hybridized carbons (Fsp3) is 0.632. The number of hydrogen-bond acceptors (Lipinski definition) is 5. The molecule has 0 unspecified atom stereocenters. The van der Waals surface area contributed by atoms with Crippen LogP contribution >= 0.6 is 0 Å². The van der Waals surface area contributed by atoms with E-state index in [0.717, 1.165) is 31.6 Å². The lowest BCUT2D eigenvalue weighted by Crippen LogP contribution is -2.42. The molecule has 7 nitrogen and oxygen atoms in total. The van der Waals surface area contributed by atoms with E-state index in [2.05, 4.69) is 4.90 Å². The molecule has 2 aliphatic heterocycles. The highest BCUT2D eigenvalue weighted by Gasteiger charge is 2.51. The molecule has 0 aliphatic carbocycles. The van der Waals surface area contributed by atoms with E-state index in [1.807, 2.05) is 30.3 Å². The van der Waals surface area contributed by atoms with E-state index < -0.39 is 10.2 Å². The quantitative estimate of drug-likeness (QED) is 0.652. The molecule has 2 fully saturated rings. The largest absolute Gasteiger partial charge is 0.469 e. The van der Waals surface area contributed by atoms with Crippen molar-refractivity contribution in [3.8, 4) is 0 Å². The van der Waals surface area contributed by atoms with Crippen LogP contribution in [0.4, 0.5) is 0 Å². The fourth-order valence-electron chi connectivity index (χ4n) is 4.34. The summed E-state index contributed by atoms with van der Waals surface area (Å²) in [7, 11) is 1.11. The maximum atomic E-state index is 12.9. The third-order valence-corrected chi connectivity index (χ3v) is 7.57. The molecule has 27 heavy (non-hydrogen) atoms. The van der Waals surface area contributed by atoms with Gasteiger partial charge in [0.25, 0.3) is 10.2 Å². The van der Waals surface area contributed by atoms with Crippen molar-refractivity contribution in [2.24, 2.45) is 11.8 Å². The summed E-state index contributed by atoms with van der Waals surface area (Å²) in [6.45, 7) is 3.10. The van der Waals surface area contributed by atoms with Crippen LogP contribution in [-0.2, 0) is 19.7 Å². The summed E-state index contributed by atoms with van der Waals surface area (Å²) in [5, 5.41) is 0. The highest BCUT2D eigenvalue weighted by molar-refractivity contribution is 7.86. The molecule has 0 bridgehead atoms. The number of esters is 1. The maximum absolute atomic E-state index is 12.9. The van der Waals surface area contributed by atoms with Gasteiger partial charge in [-0.2, -0.15) is 17.0 Å². The van der Waals surface area contributed by atoms with Gasteiger partial charge >= 0.3 is 5.97 Å². The number of carbonyl (C=O) groups excluding carboxylic acids is 1. The second kappa shape index (κ2) is 8.26. The molecule has 0 radical (unpaired) electrons. The van der Waals surface area contributed by atoms with Crippen LogP contribution in [0.1, 0.15) is 24.4 Å². The third kappa shape index (κ3) is 4.18. The first-order valence-electron chi connectivity index (χ1n) is 9.38. The minimum Gasteiger partial charge on any atom is -0.469 e. The van der Waals surface area contributed by atoms with Crippen LogP contribution in [-0.4, -0.2) is 75.3 Å². The lowest BCUT2D eigenvalue weighted by atomic mass is 9.90. The van der Waals surface area contributed by atoms with Crippen molar-refractivity contribution >= 4 is 16.2 Å². The molecule has 2 aliphatic rings. The summed E-state index contributed by atoms with van der Waals surface area (Å²) in [4.78, 5) is 13.7. The van der Waals surface area contributed by atoms with Crippen molar-refractivity contribution in [2.75, 3.05) is 47.4 Å². The van der Waals surface area contributed by atoms with Crippen molar-refractivity contribution < 1.29 is 17.9 Å². The SMILES string of the molecule is COC(=O)CCCN1C[C@H]2CN(S(=O)(=O)N(C)C)[C@H](c3ccccc3)[C@H]2C1. The Morgan fingerprint density at radius 2 is 1.89 bits per heavy atom. The maximum Gasteiger partial charge on any atom is 0.305 e. The molecule has 3 atom stereocenters. The number of nitrogens with zero attached hydrogens (tertiary/aromatic N) is 3. The topological polar surface area (TPSA) is 70.2 Å². The summed E-state index contributed by atoms with van der Waals surface area (Å²) >= 11 is 0. The Hall–Kier alpha value is -1.48. The van der Waals surface area contributed by atoms with Gasteiger partial charge in [-0.05, 0) is 30.4 Å². The van der Waals surface area contributed by atoms with Crippen LogP contribution in [0.5, 0.6) is 0 Å². The van der Waals surface area contributed by atoms with Crippen molar-refractivity contribution in [3.05, 3.63) is 35.9 Å². The molecule has 8 heteroatoms. The Morgan fingerprint density at radius 1 is 1.19 bits per heavy atom. The molecule has 1 aromatic rings. The van der Waals surface area contributed by atoms with E-state index in [1.54, 1.807) is 18.4 Å². The number of ether oxygens (including phenoxy) is 1. The number of benzene rings is 1. The minimum atomic E-state index is -3.48. The van der Waals surface area contributed by atoms with Crippen molar-refractivity contribution in [2.45, 2.75) is 18.9 Å². The first-order chi connectivity index (χ1) is 12.8. The van der Waals surface area contributed by atoms with Gasteiger partial charge in [0.2, 0.25) is 0 Å². The van der Waals surface area contributed by atoms with E-state index in [0.29, 0.717) is 18.9 Å². The summed E-state index contributed by atoms with van der Waals surface area (Å²) < 4.78 is 33.5. The smallest absolute Gasteiger partial charge is 0.305 e. The van der Waals surface area contributed by atoms with Gasteiger partial charge in [-0.15, -0.1) is 0 Å². The minimum absolute atomic E-state index is 0.144. The summed E-state index contributed by atoms with van der Waals surface area (Å²) in [6, 6.07) is 9.78. The molecule has 0 N–H and O–H groups in total. The number of carbonyl (C=O) groups is 1. The zero-order valence-electron chi connectivity index (χ0n) is 16.2. The van der Waals surface area contributed by atoms with Crippen LogP contribution in [0.15, 0.2) is 30.3 Å². The first kappa shape index (κ1) is 20.3. The third-order valence-electron chi connectivity index (χ3n) is 5.68. The van der Waals surface area contributed by atoms with E-state index in [-0.39, 0.29) is 17.9 Å². The normalized spacial score (nSPS) is 26.4. The van der Waals surface area contributed by atoms with Gasteiger partial charge in [-0.25, -0.2) is 0 Å². The van der Waals surface area contributed by atoms with E-state index >= 15 is 0 Å². The molecule has 0 spiro atoms. The lowest BCUT2D eigenvalue weighted by Gasteiger charge is -2.31. The highest BCUT2D eigenvalue weighted by atomic mass is 32.2. The van der Waals surface area contributed by atoms with Crippen LogP contribution in [0, 0.1) is 11.8 Å². The Kier molecular flexibility index (Phi) is 6.20. The van der Waals surface area contributed by atoms with Gasteiger partial charge in [0.05, 0.1) is 13.2 Å². The second-order valence-electron chi connectivity index (χ2n) is 7.58. The zero-order valence-corrected chi connectivity index (χ0v) is 17.1. The van der Waals surface area contributed by atoms with Crippen molar-refractivity contribution in [1.82, 2.24) is 13.5 Å². The molecule has 0 amide bonds. The fourth-order valence-corrected chi connectivity index (χ4v) is 5.71. The summed E-state index contributed by atoms with van der Waals surface area (Å²) in [5.74, 6) is 0.392. The molecule has 150 valence electrons. The first-order valence-corrected chi connectivity index (χ1v) is 10.8. The standard InChI is InChI=1S/C19H29N3O4S/c1-20(2)27(24,25)22-13-16-12-21(11-7-10-18(23)26-3)14-17(16)19(22)15-8-5-4-6-9-15/h4-6,8-9,16-17,19H,7,10-14H2,1-3H3/t16-,17-,19+/m0/s1. The molecule has 0 saturated carbocycles. The van der Waals surface area contributed by atoms with Crippen LogP contribution < -0.4 is 0 Å². The van der Waals surface area contributed by atoms with E-state index in [9.17, 15) is 13.2 Å². The molecule has 0 aromatic heterocycles. The number of hydrogen-bond donors (Lipinski definition) is 0. The number of rotatable bonds is 7. The summed E-state index contributed by atoms with van der Waals surface area (Å²) in [6.07, 6.45) is 1.19. The number of likely N-dealkylation sites (tertiary alicyclic amines) is 1. The Balaban J connectivity index is 1.76. The number of methoxy groups -OCH3 is 1. The van der Waals surface area contributed by atoms with Crippen LogP contribution in [0.2, 0.25) is 0 Å². The summed E-state index contributed by atoms with van der Waals surface area (Å²) in [5.41, 5.74) is 1.05. The average Bonchev–Trinajstić information content (AvgIpc) is 3.19. The predicted molar refractivity (Wildman–Crippen MR) is 103 cm³/mol. The van der Waals surface area contributed by atoms with E-state index in [1.165, 1.54) is 11.4 Å². The number of fused-ring (bicyclic) bond motifs is 1. The molecule has 3 rings (SSSR count). The van der Waals surface area contributed by atoms with E-state index in [4.69, 9.17) is 4.74 Å². The lowest BCUT2D eigenvalue weighted by molar-refractivity contribution is -0.140. The predicted octanol–water partition coefficient (Wildman–Crippen LogP) is 1.35. The highest BCUT2D eigenvalue weighted by Crippen LogP contribution is 2.46. The van der Waals surface area contributed by atoms with Gasteiger partial charge in [-0.3, -0.25) is 4.79 Å². The molecular weight excluding hydrogens is 366 g/mol. The van der Waals surface area contributed by atoms with Gasteiger partial charge < -0.3 is 9.64 Å². The average molecular weight is 396 g/mol. The molecule has 2 heterocycles. The van der Waals surface area contributed by atoms with Gasteiger partial charge in [0.1, 0.15) is 0 Å². The van der Waals surface area contributed by atoms with Crippen molar-refractivity contribution in [3.63, 3.8) is 0 Å². The van der Waals surface area contributed by atoms with Gasteiger partial charge in [0, 0.05) is 40.2 Å². The second-order valence-corrected chi connectivity index (χ2v) is 9.67.